The fourth-order valence-electron chi connectivity index (χ4n) is 1.91. The van der Waals surface area contributed by atoms with Crippen LogP contribution in [0.25, 0.3) is 6.08 Å². The van der Waals surface area contributed by atoms with Gasteiger partial charge in [0.15, 0.2) is 5.78 Å². The summed E-state index contributed by atoms with van der Waals surface area (Å²) in [5, 5.41) is 0. The van der Waals surface area contributed by atoms with Crippen molar-refractivity contribution in [2.75, 3.05) is 7.11 Å². The van der Waals surface area contributed by atoms with Crippen molar-refractivity contribution in [1.29, 1.82) is 0 Å². The summed E-state index contributed by atoms with van der Waals surface area (Å²) < 4.78 is 5.12. The maximum absolute atomic E-state index is 12.1. The standard InChI is InChI=1S/C18H18O2/c1-3-14-7-9-15(10-8-14)11-12-18(19)16-5-4-6-17(13-16)20-2/h4-13H,3H2,1-2H3. The van der Waals surface area contributed by atoms with E-state index in [2.05, 4.69) is 19.1 Å². The predicted octanol–water partition coefficient (Wildman–Crippen LogP) is 4.15. The minimum atomic E-state index is -0.0246. The molecule has 20 heavy (non-hydrogen) atoms. The van der Waals surface area contributed by atoms with Crippen LogP contribution >= 0.6 is 0 Å². The van der Waals surface area contributed by atoms with Crippen molar-refractivity contribution in [1.82, 2.24) is 0 Å². The van der Waals surface area contributed by atoms with E-state index in [1.54, 1.807) is 25.3 Å². The van der Waals surface area contributed by atoms with Crippen LogP contribution in [0.4, 0.5) is 0 Å². The van der Waals surface area contributed by atoms with Gasteiger partial charge in [-0.15, -0.1) is 0 Å². The second-order valence-corrected chi connectivity index (χ2v) is 4.52. The van der Waals surface area contributed by atoms with Crippen molar-refractivity contribution in [2.45, 2.75) is 13.3 Å². The Hall–Kier alpha value is -2.35. The Morgan fingerprint density at radius 3 is 2.55 bits per heavy atom. The van der Waals surface area contributed by atoms with Crippen molar-refractivity contribution in [3.8, 4) is 5.75 Å². The van der Waals surface area contributed by atoms with Gasteiger partial charge in [0, 0.05) is 5.56 Å². The number of rotatable bonds is 5. The van der Waals surface area contributed by atoms with Crippen molar-refractivity contribution >= 4 is 11.9 Å². The largest absolute Gasteiger partial charge is 0.497 e. The molecule has 0 bridgehead atoms. The zero-order valence-electron chi connectivity index (χ0n) is 11.8. The highest BCUT2D eigenvalue weighted by molar-refractivity contribution is 6.07. The molecule has 0 heterocycles. The monoisotopic (exact) mass is 266 g/mol. The number of hydrogen-bond donors (Lipinski definition) is 0. The second kappa shape index (κ2) is 6.71. The van der Waals surface area contributed by atoms with Gasteiger partial charge in [0.25, 0.3) is 0 Å². The van der Waals surface area contributed by atoms with E-state index in [0.717, 1.165) is 12.0 Å². The SMILES string of the molecule is CCc1ccc(C=CC(=O)c2cccc(OC)c2)cc1. The smallest absolute Gasteiger partial charge is 0.185 e. The Balaban J connectivity index is 2.11. The van der Waals surface area contributed by atoms with Gasteiger partial charge in [0.05, 0.1) is 7.11 Å². The lowest BCUT2D eigenvalue weighted by Crippen LogP contribution is -1.94. The van der Waals surface area contributed by atoms with Crippen LogP contribution in [0.2, 0.25) is 0 Å². The third-order valence-electron chi connectivity index (χ3n) is 3.17. The minimum absolute atomic E-state index is 0.0246. The molecule has 102 valence electrons. The Morgan fingerprint density at radius 2 is 1.90 bits per heavy atom. The van der Waals surface area contributed by atoms with Gasteiger partial charge in [-0.2, -0.15) is 0 Å². The van der Waals surface area contributed by atoms with Crippen LogP contribution in [0, 0.1) is 0 Å². The van der Waals surface area contributed by atoms with E-state index in [1.807, 2.05) is 30.3 Å². The molecule has 2 aromatic rings. The van der Waals surface area contributed by atoms with Gasteiger partial charge in [0.1, 0.15) is 5.75 Å². The molecule has 2 nitrogen and oxygen atoms in total. The number of benzene rings is 2. The predicted molar refractivity (Wildman–Crippen MR) is 82.2 cm³/mol. The molecule has 0 aromatic heterocycles. The van der Waals surface area contributed by atoms with Crippen LogP contribution in [0.3, 0.4) is 0 Å². The van der Waals surface area contributed by atoms with Gasteiger partial charge in [-0.05, 0) is 35.8 Å². The first kappa shape index (κ1) is 14.1. The molecule has 0 aliphatic heterocycles. The number of ether oxygens (including phenoxy) is 1. The molecule has 0 saturated heterocycles. The number of hydrogen-bond acceptors (Lipinski definition) is 2. The van der Waals surface area contributed by atoms with Crippen molar-refractivity contribution < 1.29 is 9.53 Å². The fourth-order valence-corrected chi connectivity index (χ4v) is 1.91. The van der Waals surface area contributed by atoms with Crippen LogP contribution in [-0.4, -0.2) is 12.9 Å². The first-order valence-electron chi connectivity index (χ1n) is 6.68. The topological polar surface area (TPSA) is 26.3 Å². The third kappa shape index (κ3) is 3.58. The van der Waals surface area contributed by atoms with Crippen LogP contribution in [-0.2, 0) is 6.42 Å². The lowest BCUT2D eigenvalue weighted by atomic mass is 10.1. The highest BCUT2D eigenvalue weighted by Crippen LogP contribution is 2.14. The number of ketones is 1. The van der Waals surface area contributed by atoms with Crippen molar-refractivity contribution in [2.24, 2.45) is 0 Å². The van der Waals surface area contributed by atoms with Gasteiger partial charge in [-0.25, -0.2) is 0 Å². The summed E-state index contributed by atoms with van der Waals surface area (Å²) in [5.74, 6) is 0.667. The molecule has 0 radical (unpaired) electrons. The summed E-state index contributed by atoms with van der Waals surface area (Å²) in [6, 6.07) is 15.4. The maximum atomic E-state index is 12.1. The molecule has 0 saturated carbocycles. The lowest BCUT2D eigenvalue weighted by Gasteiger charge is -2.01. The fraction of sp³-hybridized carbons (Fsp3) is 0.167. The Bertz CT molecular complexity index is 610. The summed E-state index contributed by atoms with van der Waals surface area (Å²) in [5.41, 5.74) is 2.95. The van der Waals surface area contributed by atoms with Gasteiger partial charge in [-0.1, -0.05) is 49.4 Å². The van der Waals surface area contributed by atoms with Gasteiger partial charge in [-0.3, -0.25) is 4.79 Å². The van der Waals surface area contributed by atoms with Gasteiger partial charge in [0.2, 0.25) is 0 Å². The summed E-state index contributed by atoms with van der Waals surface area (Å²) in [6.45, 7) is 2.12. The van der Waals surface area contributed by atoms with E-state index in [1.165, 1.54) is 5.56 Å². The average molecular weight is 266 g/mol. The third-order valence-corrected chi connectivity index (χ3v) is 3.17. The highest BCUT2D eigenvalue weighted by Gasteiger charge is 2.02. The van der Waals surface area contributed by atoms with E-state index in [0.29, 0.717) is 11.3 Å². The summed E-state index contributed by atoms with van der Waals surface area (Å²) in [7, 11) is 1.59. The molecule has 2 heteroatoms. The number of aryl methyl sites for hydroxylation is 1. The van der Waals surface area contributed by atoms with E-state index >= 15 is 0 Å². The first-order valence-corrected chi connectivity index (χ1v) is 6.68. The van der Waals surface area contributed by atoms with E-state index < -0.39 is 0 Å². The Morgan fingerprint density at radius 1 is 1.15 bits per heavy atom. The van der Waals surface area contributed by atoms with E-state index in [4.69, 9.17) is 4.74 Å². The molecule has 0 N–H and O–H groups in total. The van der Waals surface area contributed by atoms with Gasteiger partial charge < -0.3 is 4.74 Å². The summed E-state index contributed by atoms with van der Waals surface area (Å²) in [4.78, 5) is 12.1. The lowest BCUT2D eigenvalue weighted by molar-refractivity contribution is 0.104. The van der Waals surface area contributed by atoms with Crippen LogP contribution in [0.5, 0.6) is 5.75 Å². The molecule has 0 amide bonds. The number of carbonyl (C=O) groups excluding carboxylic acids is 1. The van der Waals surface area contributed by atoms with Crippen LogP contribution in [0.1, 0.15) is 28.4 Å². The number of carbonyl (C=O) groups is 1. The number of methoxy groups -OCH3 is 1. The Labute approximate surface area is 119 Å². The van der Waals surface area contributed by atoms with Crippen molar-refractivity contribution in [3.63, 3.8) is 0 Å². The molecule has 0 aliphatic carbocycles. The zero-order valence-corrected chi connectivity index (χ0v) is 11.8. The molecular formula is C18H18O2. The maximum Gasteiger partial charge on any atom is 0.185 e. The molecule has 0 fully saturated rings. The molecule has 0 unspecified atom stereocenters. The highest BCUT2D eigenvalue weighted by atomic mass is 16.5. The van der Waals surface area contributed by atoms with Crippen LogP contribution in [0.15, 0.2) is 54.6 Å². The first-order chi connectivity index (χ1) is 9.72. The molecule has 0 atom stereocenters. The van der Waals surface area contributed by atoms with E-state index in [9.17, 15) is 4.79 Å². The van der Waals surface area contributed by atoms with Crippen LogP contribution < -0.4 is 4.74 Å². The quantitative estimate of drug-likeness (QED) is 0.600. The van der Waals surface area contributed by atoms with E-state index in [-0.39, 0.29) is 5.78 Å². The molecule has 0 spiro atoms. The second-order valence-electron chi connectivity index (χ2n) is 4.52. The average Bonchev–Trinajstić information content (AvgIpc) is 2.53. The molecule has 2 aromatic carbocycles. The summed E-state index contributed by atoms with van der Waals surface area (Å²) >= 11 is 0. The van der Waals surface area contributed by atoms with Crippen molar-refractivity contribution in [3.05, 3.63) is 71.3 Å². The number of allylic oxidation sites excluding steroid dienone is 1. The Kier molecular flexibility index (Phi) is 4.72. The van der Waals surface area contributed by atoms with Gasteiger partial charge >= 0.3 is 0 Å². The minimum Gasteiger partial charge on any atom is -0.497 e. The normalized spacial score (nSPS) is 10.7. The molecular weight excluding hydrogens is 248 g/mol. The molecule has 0 aliphatic rings. The summed E-state index contributed by atoms with van der Waals surface area (Å²) in [6.07, 6.45) is 4.45. The molecule has 2 rings (SSSR count). The zero-order chi connectivity index (χ0) is 14.4.